The molecule has 5 rings (SSSR count). The van der Waals surface area contributed by atoms with Gasteiger partial charge in [0.2, 0.25) is 0 Å². The molecule has 0 unspecified atom stereocenters. The van der Waals surface area contributed by atoms with Crippen LogP contribution in [0.15, 0.2) is 42.7 Å². The highest BCUT2D eigenvalue weighted by Crippen LogP contribution is 2.43. The molecule has 0 spiro atoms. The molecule has 4 aromatic rings. The largest absolute Gasteiger partial charge is 0.507 e. The van der Waals surface area contributed by atoms with Crippen molar-refractivity contribution in [3.8, 4) is 16.9 Å². The van der Waals surface area contributed by atoms with Crippen molar-refractivity contribution in [1.29, 1.82) is 0 Å². The summed E-state index contributed by atoms with van der Waals surface area (Å²) in [7, 11) is 1.89. The molecule has 0 radical (unpaired) electrons. The van der Waals surface area contributed by atoms with Crippen LogP contribution < -0.4 is 4.90 Å². The third-order valence-electron chi connectivity index (χ3n) is 6.98. The van der Waals surface area contributed by atoms with Crippen LogP contribution in [0.25, 0.3) is 22.0 Å². The van der Waals surface area contributed by atoms with Gasteiger partial charge in [-0.2, -0.15) is 0 Å². The first-order valence-electron chi connectivity index (χ1n) is 12.6. The quantitative estimate of drug-likeness (QED) is 0.323. The maximum Gasteiger partial charge on any atom is 0.159 e. The average molecular weight is 539 g/mol. The molecular formula is C28H29ClF2N6O. The predicted octanol–water partition coefficient (Wildman–Crippen LogP) is 5.98. The number of aromatic hydroxyl groups is 1. The lowest BCUT2D eigenvalue weighted by Crippen LogP contribution is -2.42. The number of piperidine rings is 1. The van der Waals surface area contributed by atoms with E-state index in [2.05, 4.69) is 33.7 Å². The van der Waals surface area contributed by atoms with E-state index in [4.69, 9.17) is 16.6 Å². The molecule has 0 amide bonds. The Morgan fingerprint density at radius 3 is 2.50 bits per heavy atom. The Morgan fingerprint density at radius 2 is 1.76 bits per heavy atom. The highest BCUT2D eigenvalue weighted by atomic mass is 35.5. The molecule has 0 aliphatic carbocycles. The number of benzene rings is 2. The van der Waals surface area contributed by atoms with Gasteiger partial charge in [0, 0.05) is 35.9 Å². The van der Waals surface area contributed by atoms with Gasteiger partial charge in [0.1, 0.15) is 34.6 Å². The molecule has 1 N–H and O–H groups in total. The SMILES string of the molecule is C[C@H]1CC[C@H](C)N(c2nc(CN(C)Cc3ncccn3)nc3c(F)c(-c4c(O)cccc4F)c(Cl)cc23)C1. The van der Waals surface area contributed by atoms with Crippen molar-refractivity contribution in [2.24, 2.45) is 5.92 Å². The Labute approximate surface area is 225 Å². The fourth-order valence-electron chi connectivity index (χ4n) is 5.04. The minimum atomic E-state index is -0.801. The number of fused-ring (bicyclic) bond motifs is 1. The van der Waals surface area contributed by atoms with Gasteiger partial charge in [0.25, 0.3) is 0 Å². The molecule has 2 atom stereocenters. The summed E-state index contributed by atoms with van der Waals surface area (Å²) in [5.74, 6) is 0.100. The third kappa shape index (κ3) is 5.13. The van der Waals surface area contributed by atoms with Crippen LogP contribution >= 0.6 is 11.6 Å². The Balaban J connectivity index is 1.66. The second kappa shape index (κ2) is 10.7. The summed E-state index contributed by atoms with van der Waals surface area (Å²) < 4.78 is 31.0. The Morgan fingerprint density at radius 1 is 1.03 bits per heavy atom. The Hall–Kier alpha value is -3.43. The van der Waals surface area contributed by atoms with Crippen molar-refractivity contribution in [2.45, 2.75) is 45.8 Å². The van der Waals surface area contributed by atoms with E-state index in [-0.39, 0.29) is 27.7 Å². The van der Waals surface area contributed by atoms with Gasteiger partial charge in [-0.1, -0.05) is 24.6 Å². The van der Waals surface area contributed by atoms with Crippen molar-refractivity contribution >= 4 is 28.3 Å². The topological polar surface area (TPSA) is 78.3 Å². The van der Waals surface area contributed by atoms with E-state index >= 15 is 4.39 Å². The highest BCUT2D eigenvalue weighted by Gasteiger charge is 2.29. The lowest BCUT2D eigenvalue weighted by Gasteiger charge is -2.38. The molecule has 0 bridgehead atoms. The molecular weight excluding hydrogens is 510 g/mol. The first-order valence-corrected chi connectivity index (χ1v) is 13.0. The van der Waals surface area contributed by atoms with E-state index in [1.54, 1.807) is 24.5 Å². The number of phenols is 1. The number of phenolic OH excluding ortho intramolecular Hbond substituents is 1. The summed E-state index contributed by atoms with van der Waals surface area (Å²) in [5.41, 5.74) is -0.491. The van der Waals surface area contributed by atoms with Gasteiger partial charge in [-0.15, -0.1) is 0 Å². The third-order valence-corrected chi connectivity index (χ3v) is 7.28. The fourth-order valence-corrected chi connectivity index (χ4v) is 5.32. The van der Waals surface area contributed by atoms with E-state index in [1.165, 1.54) is 12.1 Å². The van der Waals surface area contributed by atoms with E-state index in [9.17, 15) is 9.50 Å². The van der Waals surface area contributed by atoms with Crippen molar-refractivity contribution in [1.82, 2.24) is 24.8 Å². The van der Waals surface area contributed by atoms with Gasteiger partial charge in [-0.05, 0) is 57.0 Å². The van der Waals surface area contributed by atoms with Crippen LogP contribution in [0.2, 0.25) is 5.02 Å². The summed E-state index contributed by atoms with van der Waals surface area (Å²) in [4.78, 5) is 22.1. The fraction of sp³-hybridized carbons (Fsp3) is 0.357. The molecule has 7 nitrogen and oxygen atoms in total. The van der Waals surface area contributed by atoms with E-state index in [0.717, 1.165) is 25.5 Å². The number of hydrogen-bond donors (Lipinski definition) is 1. The maximum absolute atomic E-state index is 16.3. The minimum absolute atomic E-state index is 0.0240. The molecule has 1 saturated heterocycles. The summed E-state index contributed by atoms with van der Waals surface area (Å²) in [6.45, 7) is 5.83. The van der Waals surface area contributed by atoms with Gasteiger partial charge < -0.3 is 10.0 Å². The van der Waals surface area contributed by atoms with Gasteiger partial charge in [0.05, 0.1) is 23.7 Å². The highest BCUT2D eigenvalue weighted by molar-refractivity contribution is 6.34. The number of nitrogens with zero attached hydrogens (tertiary/aromatic N) is 6. The molecule has 0 saturated carbocycles. The van der Waals surface area contributed by atoms with Crippen molar-refractivity contribution in [3.05, 3.63) is 71.0 Å². The van der Waals surface area contributed by atoms with Crippen molar-refractivity contribution in [3.63, 3.8) is 0 Å². The van der Waals surface area contributed by atoms with Crippen molar-refractivity contribution in [2.75, 3.05) is 18.5 Å². The predicted molar refractivity (Wildman–Crippen MR) is 144 cm³/mol. The summed E-state index contributed by atoms with van der Waals surface area (Å²) in [6.07, 6.45) is 5.43. The van der Waals surface area contributed by atoms with Crippen LogP contribution in [-0.4, -0.2) is 49.6 Å². The second-order valence-corrected chi connectivity index (χ2v) is 10.5. The van der Waals surface area contributed by atoms with E-state index < -0.39 is 17.4 Å². The van der Waals surface area contributed by atoms with Crippen LogP contribution in [0.1, 0.15) is 38.3 Å². The zero-order valence-electron chi connectivity index (χ0n) is 21.5. The monoisotopic (exact) mass is 538 g/mol. The standard InChI is InChI=1S/C28H29ClF2N6O/c1-16-8-9-17(2)37(13-16)28-18-12-19(29)24(25-20(30)6-4-7-21(25)38)26(31)27(18)34-23(35-28)15-36(3)14-22-32-10-5-11-33-22/h4-7,10-12,16-17,38H,8-9,13-15H2,1-3H3/t16-,17-/m0/s1. The van der Waals surface area contributed by atoms with Gasteiger partial charge in [0.15, 0.2) is 5.82 Å². The zero-order chi connectivity index (χ0) is 27.0. The van der Waals surface area contributed by atoms with E-state index in [0.29, 0.717) is 41.9 Å². The number of aromatic nitrogens is 4. The molecule has 10 heteroatoms. The molecule has 1 aliphatic rings. The molecule has 3 heterocycles. The van der Waals surface area contributed by atoms with Gasteiger partial charge in [-0.25, -0.2) is 28.7 Å². The number of halogens is 3. The molecule has 198 valence electrons. The van der Waals surface area contributed by atoms with Crippen LogP contribution in [0.5, 0.6) is 5.75 Å². The summed E-state index contributed by atoms with van der Waals surface area (Å²) in [6, 6.07) is 7.32. The average Bonchev–Trinajstić information content (AvgIpc) is 2.88. The Bertz CT molecular complexity index is 1450. The number of hydrogen-bond acceptors (Lipinski definition) is 7. The number of rotatable bonds is 6. The smallest absolute Gasteiger partial charge is 0.159 e. The lowest BCUT2D eigenvalue weighted by molar-refractivity contribution is 0.302. The van der Waals surface area contributed by atoms with Crippen LogP contribution in [0.3, 0.4) is 0 Å². The normalized spacial score (nSPS) is 17.9. The molecule has 38 heavy (non-hydrogen) atoms. The minimum Gasteiger partial charge on any atom is -0.507 e. The molecule has 1 aliphatic heterocycles. The van der Waals surface area contributed by atoms with E-state index in [1.807, 2.05) is 11.9 Å². The van der Waals surface area contributed by atoms with Crippen LogP contribution in [0, 0.1) is 17.6 Å². The van der Waals surface area contributed by atoms with Gasteiger partial charge >= 0.3 is 0 Å². The van der Waals surface area contributed by atoms with Crippen LogP contribution in [0.4, 0.5) is 14.6 Å². The molecule has 1 fully saturated rings. The van der Waals surface area contributed by atoms with Gasteiger partial charge in [-0.3, -0.25) is 4.90 Å². The summed E-state index contributed by atoms with van der Waals surface area (Å²) >= 11 is 6.56. The molecule has 2 aromatic carbocycles. The second-order valence-electron chi connectivity index (χ2n) is 10.1. The summed E-state index contributed by atoms with van der Waals surface area (Å²) in [5, 5.41) is 10.8. The number of anilines is 1. The zero-order valence-corrected chi connectivity index (χ0v) is 22.3. The first kappa shape index (κ1) is 26.2. The van der Waals surface area contributed by atoms with Crippen LogP contribution in [-0.2, 0) is 13.1 Å². The molecule has 2 aromatic heterocycles. The maximum atomic E-state index is 16.3. The lowest BCUT2D eigenvalue weighted by atomic mass is 9.94. The first-order chi connectivity index (χ1) is 18.2. The Kier molecular flexibility index (Phi) is 7.40. The van der Waals surface area contributed by atoms with Crippen molar-refractivity contribution < 1.29 is 13.9 Å².